The van der Waals surface area contributed by atoms with E-state index in [-0.39, 0.29) is 5.41 Å². The van der Waals surface area contributed by atoms with Gasteiger partial charge in [0.1, 0.15) is 5.41 Å². The second-order valence-corrected chi connectivity index (χ2v) is 8.57. The van der Waals surface area contributed by atoms with Gasteiger partial charge in [0, 0.05) is 35.4 Å². The van der Waals surface area contributed by atoms with Crippen LogP contribution in [0.5, 0.6) is 0 Å². The van der Waals surface area contributed by atoms with Crippen LogP contribution in [-0.2, 0) is 12.1 Å². The fraction of sp³-hybridized carbons (Fsp3) is 0.143. The van der Waals surface area contributed by atoms with E-state index in [1.807, 2.05) is 36.4 Å². The van der Waals surface area contributed by atoms with E-state index in [0.29, 0.717) is 17.9 Å². The Balaban J connectivity index is 1.74. The standard InChI is InChI=1S/C28H22N4/c1-28(2)26-14-6-12-24(21-9-4-8-20(16-21)18-29)31(26)19-32-25(13-7-15-27(28)32)22-10-5-11-23(17-22)30-3/h4-17H,19H2,1-2H3/q+2. The molecular formula is C28H22N4+2. The van der Waals surface area contributed by atoms with E-state index in [1.165, 1.54) is 11.4 Å². The highest BCUT2D eigenvalue weighted by Crippen LogP contribution is 2.33. The molecule has 0 N–H and O–H groups in total. The minimum absolute atomic E-state index is 0.228. The first kappa shape index (κ1) is 19.7. The lowest BCUT2D eigenvalue weighted by molar-refractivity contribution is -0.922. The Hall–Kier alpha value is -4.28. The SMILES string of the molecule is [C-]#[N+]c1cccc(-c2cccc3[n+]2C[n+]2c(-c4cccc(C#N)c4)cccc2C3(C)C)c1. The third-order valence-corrected chi connectivity index (χ3v) is 6.30. The predicted molar refractivity (Wildman–Crippen MR) is 123 cm³/mol. The molecule has 2 aromatic heterocycles. The Morgan fingerprint density at radius 3 is 1.97 bits per heavy atom. The lowest BCUT2D eigenvalue weighted by Crippen LogP contribution is -2.65. The molecule has 0 saturated carbocycles. The van der Waals surface area contributed by atoms with Gasteiger partial charge in [0.25, 0.3) is 0 Å². The van der Waals surface area contributed by atoms with Crippen LogP contribution in [0.1, 0.15) is 30.8 Å². The van der Waals surface area contributed by atoms with Crippen molar-refractivity contribution in [2.45, 2.75) is 25.9 Å². The van der Waals surface area contributed by atoms with Gasteiger partial charge in [-0.2, -0.15) is 5.26 Å². The number of benzene rings is 2. The number of fused-ring (bicyclic) bond motifs is 2. The highest BCUT2D eigenvalue weighted by molar-refractivity contribution is 5.64. The fourth-order valence-corrected chi connectivity index (χ4v) is 4.74. The molecule has 0 radical (unpaired) electrons. The fourth-order valence-electron chi connectivity index (χ4n) is 4.74. The van der Waals surface area contributed by atoms with Crippen LogP contribution in [0.2, 0.25) is 0 Å². The van der Waals surface area contributed by atoms with E-state index in [0.717, 1.165) is 22.5 Å². The highest BCUT2D eigenvalue weighted by Gasteiger charge is 2.46. The number of hydrogen-bond acceptors (Lipinski definition) is 1. The van der Waals surface area contributed by atoms with Gasteiger partial charge in [0.05, 0.1) is 18.2 Å². The van der Waals surface area contributed by atoms with Crippen molar-refractivity contribution >= 4 is 5.69 Å². The summed E-state index contributed by atoms with van der Waals surface area (Å²) in [5, 5.41) is 9.38. The predicted octanol–water partition coefficient (Wildman–Crippen LogP) is 5.16. The zero-order valence-corrected chi connectivity index (χ0v) is 18.1. The van der Waals surface area contributed by atoms with Crippen LogP contribution in [0.4, 0.5) is 5.69 Å². The molecule has 3 heterocycles. The molecule has 4 nitrogen and oxygen atoms in total. The summed E-state index contributed by atoms with van der Waals surface area (Å²) >= 11 is 0. The molecule has 32 heavy (non-hydrogen) atoms. The molecule has 1 aliphatic rings. The van der Waals surface area contributed by atoms with Gasteiger partial charge < -0.3 is 0 Å². The number of hydrogen-bond donors (Lipinski definition) is 0. The third kappa shape index (κ3) is 3.06. The number of nitrogens with zero attached hydrogens (tertiary/aromatic N) is 4. The molecule has 152 valence electrons. The normalized spacial score (nSPS) is 13.4. The van der Waals surface area contributed by atoms with Gasteiger partial charge in [-0.1, -0.05) is 24.3 Å². The number of pyridine rings is 2. The molecule has 0 atom stereocenters. The first-order valence-electron chi connectivity index (χ1n) is 10.6. The zero-order valence-electron chi connectivity index (χ0n) is 18.1. The van der Waals surface area contributed by atoms with Crippen LogP contribution < -0.4 is 9.13 Å². The summed E-state index contributed by atoms with van der Waals surface area (Å²) < 4.78 is 4.68. The van der Waals surface area contributed by atoms with Crippen molar-refractivity contribution in [1.29, 1.82) is 5.26 Å². The van der Waals surface area contributed by atoms with Crippen molar-refractivity contribution in [3.8, 4) is 28.6 Å². The van der Waals surface area contributed by atoms with Gasteiger partial charge in [-0.3, -0.25) is 0 Å². The summed E-state index contributed by atoms with van der Waals surface area (Å²) in [4.78, 5) is 3.61. The summed E-state index contributed by atoms with van der Waals surface area (Å²) in [6.45, 7) is 12.5. The number of nitriles is 1. The van der Waals surface area contributed by atoms with Crippen LogP contribution >= 0.6 is 0 Å². The van der Waals surface area contributed by atoms with Gasteiger partial charge in [0.15, 0.2) is 5.69 Å². The Bertz CT molecular complexity index is 1340. The van der Waals surface area contributed by atoms with Gasteiger partial charge in [-0.05, 0) is 50.2 Å². The Morgan fingerprint density at radius 2 is 1.38 bits per heavy atom. The van der Waals surface area contributed by atoms with Crippen molar-refractivity contribution in [3.05, 3.63) is 113 Å². The average Bonchev–Trinajstić information content (AvgIpc) is 2.83. The molecule has 4 heteroatoms. The molecule has 0 amide bonds. The minimum Gasteiger partial charge on any atom is -0.238 e. The van der Waals surface area contributed by atoms with Crippen molar-refractivity contribution in [2.24, 2.45) is 0 Å². The maximum atomic E-state index is 9.38. The molecule has 0 saturated heterocycles. The van der Waals surface area contributed by atoms with Crippen molar-refractivity contribution in [2.75, 3.05) is 0 Å². The van der Waals surface area contributed by atoms with Crippen molar-refractivity contribution in [3.63, 3.8) is 0 Å². The van der Waals surface area contributed by atoms with Gasteiger partial charge >= 0.3 is 6.67 Å². The second kappa shape index (κ2) is 7.45. The molecule has 4 aromatic rings. The van der Waals surface area contributed by atoms with E-state index < -0.39 is 0 Å². The maximum Gasteiger partial charge on any atom is 0.345 e. The monoisotopic (exact) mass is 414 g/mol. The largest absolute Gasteiger partial charge is 0.345 e. The lowest BCUT2D eigenvalue weighted by Gasteiger charge is -2.26. The molecule has 5 rings (SSSR count). The smallest absolute Gasteiger partial charge is 0.238 e. The molecule has 0 spiro atoms. The van der Waals surface area contributed by atoms with Crippen LogP contribution in [0, 0.1) is 17.9 Å². The van der Waals surface area contributed by atoms with E-state index >= 15 is 0 Å². The Kier molecular flexibility index (Phi) is 4.58. The molecule has 2 aromatic carbocycles. The van der Waals surface area contributed by atoms with Gasteiger partial charge in [-0.15, -0.1) is 9.13 Å². The average molecular weight is 415 g/mol. The van der Waals surface area contributed by atoms with E-state index in [2.05, 4.69) is 82.4 Å². The first-order chi connectivity index (χ1) is 15.5. The van der Waals surface area contributed by atoms with E-state index in [9.17, 15) is 5.26 Å². The number of aromatic nitrogens is 2. The Morgan fingerprint density at radius 1 is 0.812 bits per heavy atom. The number of rotatable bonds is 2. The van der Waals surface area contributed by atoms with Gasteiger partial charge in [-0.25, -0.2) is 4.85 Å². The van der Waals surface area contributed by atoms with E-state index in [1.54, 1.807) is 0 Å². The third-order valence-electron chi connectivity index (χ3n) is 6.30. The minimum atomic E-state index is -0.228. The summed E-state index contributed by atoms with van der Waals surface area (Å²) in [6, 6.07) is 30.6. The quantitative estimate of drug-likeness (QED) is 0.330. The molecule has 0 aliphatic carbocycles. The van der Waals surface area contributed by atoms with Crippen LogP contribution in [0.3, 0.4) is 0 Å². The summed E-state index contributed by atoms with van der Waals surface area (Å²) in [6.07, 6.45) is 0. The molecule has 0 unspecified atom stereocenters. The topological polar surface area (TPSA) is 35.9 Å². The van der Waals surface area contributed by atoms with E-state index in [4.69, 9.17) is 6.57 Å². The molecule has 0 fully saturated rings. The van der Waals surface area contributed by atoms with Gasteiger partial charge in [0.2, 0.25) is 22.8 Å². The summed E-state index contributed by atoms with van der Waals surface area (Å²) in [5.74, 6) is 0. The Labute approximate surface area is 188 Å². The van der Waals surface area contributed by atoms with Crippen LogP contribution in [0.25, 0.3) is 27.4 Å². The molecule has 0 bridgehead atoms. The summed E-state index contributed by atoms with van der Waals surface area (Å²) in [5.41, 5.74) is 7.74. The van der Waals surface area contributed by atoms with Crippen LogP contribution in [-0.4, -0.2) is 0 Å². The second-order valence-electron chi connectivity index (χ2n) is 8.57. The highest BCUT2D eigenvalue weighted by atomic mass is 15.2. The summed E-state index contributed by atoms with van der Waals surface area (Å²) in [7, 11) is 0. The first-order valence-corrected chi connectivity index (χ1v) is 10.6. The maximum absolute atomic E-state index is 9.38. The molecule has 1 aliphatic heterocycles. The van der Waals surface area contributed by atoms with Crippen molar-refractivity contribution in [1.82, 2.24) is 0 Å². The van der Waals surface area contributed by atoms with Crippen molar-refractivity contribution < 1.29 is 9.13 Å². The molecular weight excluding hydrogens is 392 g/mol. The lowest BCUT2D eigenvalue weighted by atomic mass is 9.82. The van der Waals surface area contributed by atoms with Crippen LogP contribution in [0.15, 0.2) is 84.9 Å². The zero-order chi connectivity index (χ0) is 22.3.